The zero-order valence-corrected chi connectivity index (χ0v) is 15.9. The van der Waals surface area contributed by atoms with Crippen LogP contribution in [0.1, 0.15) is 35.6 Å². The second-order valence-corrected chi connectivity index (χ2v) is 7.36. The summed E-state index contributed by atoms with van der Waals surface area (Å²) in [5.74, 6) is -0.583. The number of piperidine rings is 1. The molecule has 142 valence electrons. The van der Waals surface area contributed by atoms with E-state index in [1.807, 2.05) is 62.4 Å². The molecule has 2 aromatic rings. The number of hydrogen-bond acceptors (Lipinski definition) is 3. The van der Waals surface area contributed by atoms with Crippen LogP contribution in [0.25, 0.3) is 0 Å². The molecular formula is C22H27N3O2. The van der Waals surface area contributed by atoms with Crippen LogP contribution in [0, 0.1) is 19.8 Å². The summed E-state index contributed by atoms with van der Waals surface area (Å²) < 4.78 is 0. The third-order valence-corrected chi connectivity index (χ3v) is 5.23. The first-order valence-electron chi connectivity index (χ1n) is 9.42. The molecule has 5 nitrogen and oxygen atoms in total. The van der Waals surface area contributed by atoms with Crippen LogP contribution >= 0.6 is 0 Å². The van der Waals surface area contributed by atoms with Gasteiger partial charge in [-0.05, 0) is 56.0 Å². The summed E-state index contributed by atoms with van der Waals surface area (Å²) >= 11 is 0. The van der Waals surface area contributed by atoms with Gasteiger partial charge in [0.05, 0.1) is 5.92 Å². The van der Waals surface area contributed by atoms with Crippen molar-refractivity contribution in [2.24, 2.45) is 11.7 Å². The lowest BCUT2D eigenvalue weighted by atomic mass is 9.94. The fourth-order valence-corrected chi connectivity index (χ4v) is 3.71. The Bertz CT molecular complexity index is 820. The van der Waals surface area contributed by atoms with Gasteiger partial charge in [-0.2, -0.15) is 0 Å². The van der Waals surface area contributed by atoms with Gasteiger partial charge in [0, 0.05) is 12.2 Å². The molecule has 1 aliphatic heterocycles. The number of aryl methyl sites for hydroxylation is 2. The van der Waals surface area contributed by atoms with Crippen molar-refractivity contribution in [2.45, 2.75) is 32.7 Å². The summed E-state index contributed by atoms with van der Waals surface area (Å²) in [5.41, 5.74) is 9.40. The molecule has 2 amide bonds. The van der Waals surface area contributed by atoms with Crippen LogP contribution in [-0.2, 0) is 9.59 Å². The molecule has 5 heteroatoms. The molecule has 0 radical (unpaired) electrons. The molecule has 2 aromatic carbocycles. The Hall–Kier alpha value is -2.66. The minimum atomic E-state index is -0.451. The second-order valence-electron chi connectivity index (χ2n) is 7.36. The van der Waals surface area contributed by atoms with Crippen molar-refractivity contribution in [1.82, 2.24) is 4.90 Å². The number of hydrogen-bond donors (Lipinski definition) is 2. The number of anilines is 1. The maximum absolute atomic E-state index is 13.3. The number of nitrogens with one attached hydrogen (secondary N) is 1. The third kappa shape index (κ3) is 4.55. The van der Waals surface area contributed by atoms with Crippen LogP contribution in [0.2, 0.25) is 0 Å². The van der Waals surface area contributed by atoms with Crippen molar-refractivity contribution in [2.75, 3.05) is 18.4 Å². The lowest BCUT2D eigenvalue weighted by molar-refractivity contribution is -0.127. The molecule has 0 spiro atoms. The van der Waals surface area contributed by atoms with Crippen molar-refractivity contribution in [3.63, 3.8) is 0 Å². The average molecular weight is 365 g/mol. The van der Waals surface area contributed by atoms with Gasteiger partial charge < -0.3 is 11.1 Å². The molecule has 0 aromatic heterocycles. The zero-order chi connectivity index (χ0) is 19.4. The minimum absolute atomic E-state index is 0.0833. The molecule has 27 heavy (non-hydrogen) atoms. The van der Waals surface area contributed by atoms with Gasteiger partial charge in [-0.15, -0.1) is 0 Å². The number of carbonyl (C=O) groups is 2. The van der Waals surface area contributed by atoms with Crippen molar-refractivity contribution in [3.8, 4) is 0 Å². The molecule has 0 saturated carbocycles. The molecule has 0 aliphatic carbocycles. The Morgan fingerprint density at radius 2 is 1.89 bits per heavy atom. The fraction of sp³-hybridized carbons (Fsp3) is 0.364. The Balaban J connectivity index is 1.89. The van der Waals surface area contributed by atoms with Gasteiger partial charge in [0.1, 0.15) is 6.04 Å². The number of benzene rings is 2. The Morgan fingerprint density at radius 1 is 1.15 bits per heavy atom. The highest BCUT2D eigenvalue weighted by Gasteiger charge is 2.33. The number of amides is 2. The highest BCUT2D eigenvalue weighted by Crippen LogP contribution is 2.29. The van der Waals surface area contributed by atoms with E-state index in [9.17, 15) is 9.59 Å². The summed E-state index contributed by atoms with van der Waals surface area (Å²) in [4.78, 5) is 27.1. The highest BCUT2D eigenvalue weighted by atomic mass is 16.2. The van der Waals surface area contributed by atoms with Gasteiger partial charge in [-0.25, -0.2) is 0 Å². The average Bonchev–Trinajstić information content (AvgIpc) is 2.66. The first-order valence-corrected chi connectivity index (χ1v) is 9.42. The lowest BCUT2D eigenvalue weighted by Gasteiger charge is -2.36. The van der Waals surface area contributed by atoms with Gasteiger partial charge in [0.25, 0.3) is 0 Å². The fourth-order valence-electron chi connectivity index (χ4n) is 3.71. The largest absolute Gasteiger partial charge is 0.369 e. The molecule has 1 fully saturated rings. The first-order chi connectivity index (χ1) is 13.0. The second kappa shape index (κ2) is 8.35. The van der Waals surface area contributed by atoms with Crippen LogP contribution in [0.15, 0.2) is 48.5 Å². The first kappa shape index (κ1) is 19.1. The maximum atomic E-state index is 13.3. The van der Waals surface area contributed by atoms with Crippen molar-refractivity contribution in [1.29, 1.82) is 0 Å². The number of primary amides is 1. The summed E-state index contributed by atoms with van der Waals surface area (Å²) in [6.07, 6.45) is 1.64. The summed E-state index contributed by atoms with van der Waals surface area (Å²) in [7, 11) is 0. The Kier molecular flexibility index (Phi) is 5.91. The molecule has 1 saturated heterocycles. The van der Waals surface area contributed by atoms with E-state index in [0.29, 0.717) is 6.54 Å². The standard InChI is InChI=1S/C22H27N3O2/c1-15-10-11-16(2)19(13-15)24-22(27)20(17-7-4-3-5-8-17)25-12-6-9-18(14-25)21(23)26/h3-5,7-8,10-11,13,18,20H,6,9,12,14H2,1-2H3,(H2,23,26)(H,24,27)/t18-,20+/m1/s1. The number of likely N-dealkylation sites (tertiary alicyclic amines) is 1. The van der Waals surface area contributed by atoms with Gasteiger partial charge in [-0.1, -0.05) is 42.5 Å². The van der Waals surface area contributed by atoms with E-state index in [2.05, 4.69) is 10.2 Å². The normalized spacial score (nSPS) is 18.7. The van der Waals surface area contributed by atoms with Crippen LogP contribution in [0.4, 0.5) is 5.69 Å². The molecule has 1 aliphatic rings. The van der Waals surface area contributed by atoms with Crippen LogP contribution < -0.4 is 11.1 Å². The number of nitrogens with two attached hydrogens (primary N) is 1. The number of nitrogens with zero attached hydrogens (tertiary/aromatic N) is 1. The van der Waals surface area contributed by atoms with Gasteiger partial charge in [-0.3, -0.25) is 14.5 Å². The molecule has 3 rings (SSSR count). The molecular weight excluding hydrogens is 338 g/mol. The summed E-state index contributed by atoms with van der Waals surface area (Å²) in [6.45, 7) is 5.27. The van der Waals surface area contributed by atoms with E-state index < -0.39 is 6.04 Å². The topological polar surface area (TPSA) is 75.4 Å². The summed E-state index contributed by atoms with van der Waals surface area (Å²) in [5, 5.41) is 3.09. The van der Waals surface area contributed by atoms with Crippen LogP contribution in [-0.4, -0.2) is 29.8 Å². The van der Waals surface area contributed by atoms with Gasteiger partial charge >= 0.3 is 0 Å². The number of carbonyl (C=O) groups excluding carboxylic acids is 2. The van der Waals surface area contributed by atoms with Crippen LogP contribution in [0.5, 0.6) is 0 Å². The van der Waals surface area contributed by atoms with E-state index in [1.54, 1.807) is 0 Å². The van der Waals surface area contributed by atoms with E-state index in [-0.39, 0.29) is 17.7 Å². The minimum Gasteiger partial charge on any atom is -0.369 e. The Morgan fingerprint density at radius 3 is 2.59 bits per heavy atom. The van der Waals surface area contributed by atoms with Crippen molar-refractivity contribution >= 4 is 17.5 Å². The van der Waals surface area contributed by atoms with E-state index >= 15 is 0 Å². The van der Waals surface area contributed by atoms with Crippen molar-refractivity contribution in [3.05, 3.63) is 65.2 Å². The van der Waals surface area contributed by atoms with Crippen LogP contribution in [0.3, 0.4) is 0 Å². The lowest BCUT2D eigenvalue weighted by Crippen LogP contribution is -2.46. The van der Waals surface area contributed by atoms with Gasteiger partial charge in [0.15, 0.2) is 0 Å². The van der Waals surface area contributed by atoms with Gasteiger partial charge in [0.2, 0.25) is 11.8 Å². The smallest absolute Gasteiger partial charge is 0.246 e. The van der Waals surface area contributed by atoms with E-state index in [4.69, 9.17) is 5.73 Å². The predicted octanol–water partition coefficient (Wildman–Crippen LogP) is 3.18. The summed E-state index contributed by atoms with van der Waals surface area (Å²) in [6, 6.07) is 15.3. The predicted molar refractivity (Wildman–Crippen MR) is 107 cm³/mol. The Labute approximate surface area is 160 Å². The number of rotatable bonds is 5. The van der Waals surface area contributed by atoms with Crippen molar-refractivity contribution < 1.29 is 9.59 Å². The molecule has 0 bridgehead atoms. The molecule has 1 heterocycles. The highest BCUT2D eigenvalue weighted by molar-refractivity contribution is 5.96. The van der Waals surface area contributed by atoms with E-state index in [0.717, 1.165) is 41.8 Å². The monoisotopic (exact) mass is 365 g/mol. The third-order valence-electron chi connectivity index (χ3n) is 5.23. The SMILES string of the molecule is Cc1ccc(C)c(NC(=O)[C@H](c2ccccc2)N2CCC[C@@H](C(N)=O)C2)c1. The molecule has 0 unspecified atom stereocenters. The molecule has 3 N–H and O–H groups in total. The maximum Gasteiger partial charge on any atom is 0.246 e. The zero-order valence-electron chi connectivity index (χ0n) is 15.9. The molecule has 2 atom stereocenters. The quantitative estimate of drug-likeness (QED) is 0.854. The van der Waals surface area contributed by atoms with E-state index in [1.165, 1.54) is 0 Å².